The number of fused-ring (bicyclic) bond motifs is 1. The number of carbonyl (C=O) groups is 2. The lowest BCUT2D eigenvalue weighted by molar-refractivity contribution is -0.192. The van der Waals surface area contributed by atoms with Crippen LogP contribution in [0, 0.1) is 0 Å². The highest BCUT2D eigenvalue weighted by molar-refractivity contribution is 5.91. The van der Waals surface area contributed by atoms with Crippen LogP contribution in [-0.4, -0.2) is 81.7 Å². The number of aliphatic carboxylic acids is 1. The average Bonchev–Trinajstić information content (AvgIpc) is 3.36. The number of ether oxygens (including phenoxy) is 1. The number of H-pyrrole nitrogens is 1. The Balaban J connectivity index is 0.000000517. The van der Waals surface area contributed by atoms with Crippen LogP contribution >= 0.6 is 0 Å². The smallest absolute Gasteiger partial charge is 0.475 e. The van der Waals surface area contributed by atoms with Crippen molar-refractivity contribution in [2.45, 2.75) is 69.8 Å². The molecule has 2 aliphatic rings. The fourth-order valence-electron chi connectivity index (χ4n) is 5.06. The van der Waals surface area contributed by atoms with Crippen molar-refractivity contribution in [1.29, 1.82) is 0 Å². The summed E-state index contributed by atoms with van der Waals surface area (Å²) in [5.41, 5.74) is 8.48. The number of aromatic nitrogens is 4. The Bertz CT molecular complexity index is 1390. The average molecular weight is 593 g/mol. The summed E-state index contributed by atoms with van der Waals surface area (Å²) in [6, 6.07) is 8.27. The highest BCUT2D eigenvalue weighted by Crippen LogP contribution is 2.30. The minimum absolute atomic E-state index is 0.0261. The number of alkyl halides is 3. The molecule has 5 rings (SSSR count). The van der Waals surface area contributed by atoms with E-state index in [0.717, 1.165) is 47.2 Å². The molecule has 2 aromatic heterocycles. The first-order valence-electron chi connectivity index (χ1n) is 13.8. The zero-order valence-corrected chi connectivity index (χ0v) is 23.4. The van der Waals surface area contributed by atoms with Crippen LogP contribution in [0.3, 0.4) is 0 Å². The molecule has 0 unspecified atom stereocenters. The third-order valence-corrected chi connectivity index (χ3v) is 7.37. The van der Waals surface area contributed by atoms with Gasteiger partial charge in [-0.1, -0.05) is 32.3 Å². The first kappa shape index (κ1) is 30.8. The molecule has 1 aliphatic heterocycles. The molecule has 1 saturated heterocycles. The summed E-state index contributed by atoms with van der Waals surface area (Å²) in [7, 11) is 1.80. The maximum Gasteiger partial charge on any atom is 0.490 e. The molecular weight excluding hydrogens is 557 g/mol. The molecule has 2 atom stereocenters. The Labute approximate surface area is 240 Å². The molecule has 1 saturated carbocycles. The van der Waals surface area contributed by atoms with E-state index in [1.165, 1.54) is 19.3 Å². The number of halogens is 3. The number of hydrogen-bond acceptors (Lipinski definition) is 9. The number of nitrogens with zero attached hydrogens (tertiary/aromatic N) is 4. The van der Waals surface area contributed by atoms with Crippen molar-refractivity contribution in [3.63, 3.8) is 0 Å². The summed E-state index contributed by atoms with van der Waals surface area (Å²) in [4.78, 5) is 33.6. The number of hydrogen-bond donors (Lipinski definition) is 5. The van der Waals surface area contributed by atoms with Crippen molar-refractivity contribution in [1.82, 2.24) is 25.5 Å². The van der Waals surface area contributed by atoms with E-state index in [-0.39, 0.29) is 18.0 Å². The van der Waals surface area contributed by atoms with Crippen LogP contribution in [0.15, 0.2) is 24.3 Å². The second-order valence-corrected chi connectivity index (χ2v) is 10.2. The summed E-state index contributed by atoms with van der Waals surface area (Å²) in [5, 5.41) is 21.4. The maximum atomic E-state index is 13.0. The molecule has 15 heteroatoms. The zero-order valence-electron chi connectivity index (χ0n) is 23.4. The number of amides is 1. The topological polar surface area (TPSA) is 171 Å². The molecule has 0 radical (unpaired) electrons. The normalized spacial score (nSPS) is 19.6. The Morgan fingerprint density at radius 3 is 2.55 bits per heavy atom. The number of rotatable bonds is 6. The molecule has 1 aliphatic carbocycles. The number of nitrogen functional groups attached to an aromatic ring is 1. The quantitative estimate of drug-likeness (QED) is 0.284. The second-order valence-electron chi connectivity index (χ2n) is 10.2. The van der Waals surface area contributed by atoms with Crippen molar-refractivity contribution in [2.75, 3.05) is 36.1 Å². The lowest BCUT2D eigenvalue weighted by Crippen LogP contribution is -2.56. The lowest BCUT2D eigenvalue weighted by Gasteiger charge is -2.40. The van der Waals surface area contributed by atoms with Crippen LogP contribution in [-0.2, 0) is 14.3 Å². The number of nitrogens with one attached hydrogen (secondary N) is 3. The Morgan fingerprint density at radius 2 is 1.90 bits per heavy atom. The van der Waals surface area contributed by atoms with E-state index in [9.17, 15) is 18.0 Å². The first-order chi connectivity index (χ1) is 20.0. The molecule has 6 N–H and O–H groups in total. The van der Waals surface area contributed by atoms with Crippen molar-refractivity contribution in [3.8, 4) is 11.3 Å². The van der Waals surface area contributed by atoms with Gasteiger partial charge in [0.15, 0.2) is 11.9 Å². The lowest BCUT2D eigenvalue weighted by atomic mass is 9.95. The van der Waals surface area contributed by atoms with Crippen molar-refractivity contribution in [2.24, 2.45) is 0 Å². The number of anilines is 3. The van der Waals surface area contributed by atoms with Crippen LogP contribution < -0.4 is 21.3 Å². The summed E-state index contributed by atoms with van der Waals surface area (Å²) in [6.07, 6.45) is 0.968. The Kier molecular flexibility index (Phi) is 9.70. The number of nitrogens with two attached hydrogens (primary N) is 1. The van der Waals surface area contributed by atoms with Gasteiger partial charge in [0.25, 0.3) is 5.91 Å². The Morgan fingerprint density at radius 1 is 1.19 bits per heavy atom. The van der Waals surface area contributed by atoms with Gasteiger partial charge in [-0.05, 0) is 31.4 Å². The van der Waals surface area contributed by atoms with Crippen LogP contribution in [0.1, 0.15) is 45.4 Å². The molecule has 3 aromatic rings. The van der Waals surface area contributed by atoms with Gasteiger partial charge in [0.1, 0.15) is 5.82 Å². The summed E-state index contributed by atoms with van der Waals surface area (Å²) in [5.74, 6) is -1.02. The van der Waals surface area contributed by atoms with Crippen LogP contribution in [0.5, 0.6) is 0 Å². The highest BCUT2D eigenvalue weighted by atomic mass is 19.4. The first-order valence-corrected chi connectivity index (χ1v) is 13.8. The van der Waals surface area contributed by atoms with E-state index < -0.39 is 18.2 Å². The van der Waals surface area contributed by atoms with E-state index in [4.69, 9.17) is 25.4 Å². The van der Waals surface area contributed by atoms with Crippen molar-refractivity contribution >= 4 is 40.4 Å². The molecule has 2 fully saturated rings. The van der Waals surface area contributed by atoms with Gasteiger partial charge in [-0.2, -0.15) is 23.3 Å². The molecule has 3 heterocycles. The number of carboxylic acid groups (broad SMARTS) is 1. The third kappa shape index (κ3) is 7.38. The van der Waals surface area contributed by atoms with Gasteiger partial charge in [0.05, 0.1) is 30.4 Å². The van der Waals surface area contributed by atoms with E-state index in [0.29, 0.717) is 24.9 Å². The van der Waals surface area contributed by atoms with E-state index >= 15 is 0 Å². The van der Waals surface area contributed by atoms with Gasteiger partial charge < -0.3 is 31.1 Å². The standard InChI is InChI=1S/C25H34N8O2.C2HF3O2/c1-3-17-14-35-21(24(34)28-16-7-5-4-6-8-16)13-33(17)22-12-19(29-25(27-2)30-22)15-9-10-18-20(11-15)31-32-23(18)26;3-2(4,5)1(6)7/h9-12,16-17,21H,3-8,13-14H2,1-2H3,(H,28,34)(H3,26,31,32)(H,27,29,30);(H,6,7)/t17-,21+;/m1./s1. The van der Waals surface area contributed by atoms with Gasteiger partial charge in [-0.15, -0.1) is 0 Å². The van der Waals surface area contributed by atoms with Crippen molar-refractivity contribution in [3.05, 3.63) is 24.3 Å². The SMILES string of the molecule is CC[C@@H]1CO[C@H](C(=O)NC2CCCCC2)CN1c1cc(-c2ccc3c(N)n[nH]c3c2)nc(NC)n1.O=C(O)C(F)(F)F. The predicted octanol–water partition coefficient (Wildman–Crippen LogP) is 3.71. The Hall–Kier alpha value is -4.14. The number of carbonyl (C=O) groups excluding carboxylic acids is 1. The van der Waals surface area contributed by atoms with E-state index in [2.05, 4.69) is 37.6 Å². The summed E-state index contributed by atoms with van der Waals surface area (Å²) < 4.78 is 37.8. The molecule has 42 heavy (non-hydrogen) atoms. The van der Waals surface area contributed by atoms with Crippen LogP contribution in [0.25, 0.3) is 22.2 Å². The number of benzene rings is 1. The fraction of sp³-hybridized carbons (Fsp3) is 0.519. The molecule has 0 bridgehead atoms. The maximum absolute atomic E-state index is 13.0. The summed E-state index contributed by atoms with van der Waals surface area (Å²) >= 11 is 0. The predicted molar refractivity (Wildman–Crippen MR) is 151 cm³/mol. The summed E-state index contributed by atoms with van der Waals surface area (Å²) in [6.45, 7) is 3.06. The minimum Gasteiger partial charge on any atom is -0.475 e. The fourth-order valence-corrected chi connectivity index (χ4v) is 5.06. The van der Waals surface area contributed by atoms with Gasteiger partial charge in [0.2, 0.25) is 5.95 Å². The second kappa shape index (κ2) is 13.2. The van der Waals surface area contributed by atoms with E-state index in [1.807, 2.05) is 24.3 Å². The molecular formula is C27H35F3N8O4. The molecule has 228 valence electrons. The highest BCUT2D eigenvalue weighted by Gasteiger charge is 2.38. The van der Waals surface area contributed by atoms with Gasteiger partial charge in [-0.3, -0.25) is 9.89 Å². The molecule has 0 spiro atoms. The van der Waals surface area contributed by atoms with Crippen LogP contribution in [0.2, 0.25) is 0 Å². The number of carboxylic acids is 1. The molecule has 12 nitrogen and oxygen atoms in total. The minimum atomic E-state index is -5.08. The zero-order chi connectivity index (χ0) is 30.4. The number of morpholine rings is 1. The molecule has 1 aromatic carbocycles. The van der Waals surface area contributed by atoms with Gasteiger partial charge >= 0.3 is 12.1 Å². The van der Waals surface area contributed by atoms with Gasteiger partial charge in [-0.25, -0.2) is 9.78 Å². The third-order valence-electron chi connectivity index (χ3n) is 7.37. The van der Waals surface area contributed by atoms with E-state index in [1.54, 1.807) is 7.05 Å². The van der Waals surface area contributed by atoms with Crippen molar-refractivity contribution < 1.29 is 32.6 Å². The number of aromatic amines is 1. The van der Waals surface area contributed by atoms with Gasteiger partial charge in [0, 0.05) is 30.1 Å². The van der Waals surface area contributed by atoms with Crippen LogP contribution in [0.4, 0.5) is 30.8 Å². The molecule has 1 amide bonds. The largest absolute Gasteiger partial charge is 0.490 e. The monoisotopic (exact) mass is 592 g/mol.